The van der Waals surface area contributed by atoms with Crippen LogP contribution in [0.2, 0.25) is 0 Å². The van der Waals surface area contributed by atoms with E-state index in [9.17, 15) is 13.2 Å². The van der Waals surface area contributed by atoms with E-state index in [4.69, 9.17) is 0 Å². The Kier molecular flexibility index (Phi) is 6.43. The zero-order valence-electron chi connectivity index (χ0n) is 11.4. The topological polar surface area (TPSA) is 15.3 Å². The first-order chi connectivity index (χ1) is 8.46. The van der Waals surface area contributed by atoms with Crippen molar-refractivity contribution in [2.75, 3.05) is 19.6 Å². The molecule has 5 heteroatoms. The van der Waals surface area contributed by atoms with Gasteiger partial charge in [-0.3, -0.25) is 4.90 Å². The van der Waals surface area contributed by atoms with E-state index in [2.05, 4.69) is 19.2 Å². The van der Waals surface area contributed by atoms with Crippen LogP contribution in [0, 0.1) is 0 Å². The van der Waals surface area contributed by atoms with Crippen LogP contribution >= 0.6 is 0 Å². The minimum absolute atomic E-state index is 0.161. The first-order valence-corrected chi connectivity index (χ1v) is 7.00. The lowest BCUT2D eigenvalue weighted by atomic mass is 10.1. The number of halogens is 3. The fourth-order valence-electron chi connectivity index (χ4n) is 2.25. The maximum atomic E-state index is 12.5. The second kappa shape index (κ2) is 7.34. The predicted molar refractivity (Wildman–Crippen MR) is 67.6 cm³/mol. The largest absolute Gasteiger partial charge is 0.401 e. The van der Waals surface area contributed by atoms with Crippen molar-refractivity contribution in [3.8, 4) is 0 Å². The molecule has 0 aromatic rings. The van der Waals surface area contributed by atoms with Crippen LogP contribution in [0.1, 0.15) is 46.0 Å². The molecule has 0 aromatic carbocycles. The molecule has 0 aliphatic heterocycles. The van der Waals surface area contributed by atoms with Gasteiger partial charge in [0.25, 0.3) is 0 Å². The zero-order chi connectivity index (χ0) is 13.6. The molecule has 1 aliphatic rings. The molecule has 1 fully saturated rings. The van der Waals surface area contributed by atoms with Gasteiger partial charge < -0.3 is 5.32 Å². The second-order valence-electron chi connectivity index (χ2n) is 5.22. The Bertz CT molecular complexity index is 227. The van der Waals surface area contributed by atoms with E-state index in [0.29, 0.717) is 6.54 Å². The highest BCUT2D eigenvalue weighted by Crippen LogP contribution is 2.30. The number of hydrogen-bond donors (Lipinski definition) is 1. The van der Waals surface area contributed by atoms with Crippen molar-refractivity contribution in [3.05, 3.63) is 0 Å². The summed E-state index contributed by atoms with van der Waals surface area (Å²) < 4.78 is 37.6. The average molecular weight is 266 g/mol. The summed E-state index contributed by atoms with van der Waals surface area (Å²) in [6.45, 7) is 4.80. The lowest BCUT2D eigenvalue weighted by Crippen LogP contribution is -2.45. The van der Waals surface area contributed by atoms with E-state index in [-0.39, 0.29) is 12.1 Å². The molecule has 0 aromatic heterocycles. The quantitative estimate of drug-likeness (QED) is 0.689. The highest BCUT2D eigenvalue weighted by Gasteiger charge is 2.38. The van der Waals surface area contributed by atoms with E-state index in [1.54, 1.807) is 4.90 Å². The molecule has 0 amide bonds. The van der Waals surface area contributed by atoms with E-state index >= 15 is 0 Å². The van der Waals surface area contributed by atoms with E-state index < -0.39 is 12.7 Å². The standard InChI is InChI=1S/C13H25F3N2/c1-3-5-11(17-8-4-2)9-18(12-6-7-12)10-13(14,15)16/h11-12,17H,3-10H2,1-2H3. The summed E-state index contributed by atoms with van der Waals surface area (Å²) in [6, 6.07) is 0.354. The summed E-state index contributed by atoms with van der Waals surface area (Å²) >= 11 is 0. The van der Waals surface area contributed by atoms with Crippen molar-refractivity contribution in [3.63, 3.8) is 0 Å². The van der Waals surface area contributed by atoms with Gasteiger partial charge in [-0.05, 0) is 32.2 Å². The molecule has 0 heterocycles. The Balaban J connectivity index is 2.45. The molecule has 0 radical (unpaired) electrons. The maximum Gasteiger partial charge on any atom is 0.401 e. The molecule has 108 valence electrons. The van der Waals surface area contributed by atoms with Gasteiger partial charge in [0.05, 0.1) is 6.54 Å². The zero-order valence-corrected chi connectivity index (χ0v) is 11.4. The number of alkyl halides is 3. The van der Waals surface area contributed by atoms with Crippen LogP contribution in [0.25, 0.3) is 0 Å². The highest BCUT2D eigenvalue weighted by atomic mass is 19.4. The first-order valence-electron chi connectivity index (χ1n) is 7.00. The summed E-state index contributed by atoms with van der Waals surface area (Å²) in [7, 11) is 0. The van der Waals surface area contributed by atoms with Crippen LogP contribution in [-0.4, -0.2) is 42.8 Å². The molecule has 2 nitrogen and oxygen atoms in total. The maximum absolute atomic E-state index is 12.5. The molecule has 18 heavy (non-hydrogen) atoms. The van der Waals surface area contributed by atoms with Crippen LogP contribution < -0.4 is 5.32 Å². The van der Waals surface area contributed by atoms with Crippen molar-refractivity contribution in [2.45, 2.75) is 64.2 Å². The number of hydrogen-bond acceptors (Lipinski definition) is 2. The molecule has 1 unspecified atom stereocenters. The molecule has 1 N–H and O–H groups in total. The molecule has 0 saturated heterocycles. The summed E-state index contributed by atoms with van der Waals surface area (Å²) in [5.41, 5.74) is 0. The van der Waals surface area contributed by atoms with E-state index in [0.717, 1.165) is 38.6 Å². The average Bonchev–Trinajstić information content (AvgIpc) is 3.07. The van der Waals surface area contributed by atoms with Crippen LogP contribution in [-0.2, 0) is 0 Å². The monoisotopic (exact) mass is 266 g/mol. The lowest BCUT2D eigenvalue weighted by molar-refractivity contribution is -0.147. The smallest absolute Gasteiger partial charge is 0.313 e. The molecule has 1 saturated carbocycles. The van der Waals surface area contributed by atoms with Gasteiger partial charge in [-0.2, -0.15) is 13.2 Å². The fourth-order valence-corrected chi connectivity index (χ4v) is 2.25. The van der Waals surface area contributed by atoms with Crippen molar-refractivity contribution < 1.29 is 13.2 Å². The number of nitrogens with one attached hydrogen (secondary N) is 1. The van der Waals surface area contributed by atoms with Gasteiger partial charge in [0.15, 0.2) is 0 Å². The van der Waals surface area contributed by atoms with Gasteiger partial charge in [0.1, 0.15) is 0 Å². The van der Waals surface area contributed by atoms with Crippen LogP contribution in [0.15, 0.2) is 0 Å². The minimum atomic E-state index is -4.08. The molecule has 1 atom stereocenters. The Morgan fingerprint density at radius 1 is 1.22 bits per heavy atom. The summed E-state index contributed by atoms with van der Waals surface area (Å²) in [5, 5.41) is 3.36. The van der Waals surface area contributed by atoms with Crippen molar-refractivity contribution in [1.82, 2.24) is 10.2 Å². The normalized spacial score (nSPS) is 18.3. The van der Waals surface area contributed by atoms with Gasteiger partial charge in [-0.25, -0.2) is 0 Å². The predicted octanol–water partition coefficient (Wildman–Crippen LogP) is 3.18. The van der Waals surface area contributed by atoms with E-state index in [1.807, 2.05) is 0 Å². The molecule has 1 aliphatic carbocycles. The molecular formula is C13H25F3N2. The van der Waals surface area contributed by atoms with E-state index in [1.165, 1.54) is 0 Å². The fraction of sp³-hybridized carbons (Fsp3) is 1.00. The number of rotatable bonds is 9. The number of nitrogens with zero attached hydrogens (tertiary/aromatic N) is 1. The molecular weight excluding hydrogens is 241 g/mol. The third-order valence-electron chi connectivity index (χ3n) is 3.22. The third-order valence-corrected chi connectivity index (χ3v) is 3.22. The summed E-state index contributed by atoms with van der Waals surface area (Å²) in [5.74, 6) is 0. The van der Waals surface area contributed by atoms with Gasteiger partial charge in [-0.1, -0.05) is 20.3 Å². The first kappa shape index (κ1) is 15.8. The molecule has 0 bridgehead atoms. The second-order valence-corrected chi connectivity index (χ2v) is 5.22. The Labute approximate surface area is 108 Å². The van der Waals surface area contributed by atoms with Crippen molar-refractivity contribution in [2.24, 2.45) is 0 Å². The van der Waals surface area contributed by atoms with Gasteiger partial charge in [-0.15, -0.1) is 0 Å². The summed E-state index contributed by atoms with van der Waals surface area (Å²) in [4.78, 5) is 1.61. The third kappa shape index (κ3) is 6.59. The van der Waals surface area contributed by atoms with Crippen molar-refractivity contribution >= 4 is 0 Å². The Morgan fingerprint density at radius 3 is 2.33 bits per heavy atom. The summed E-state index contributed by atoms with van der Waals surface area (Å²) in [6.07, 6.45) is 0.728. The Morgan fingerprint density at radius 2 is 1.89 bits per heavy atom. The van der Waals surface area contributed by atoms with Crippen LogP contribution in [0.5, 0.6) is 0 Å². The minimum Gasteiger partial charge on any atom is -0.313 e. The molecule has 0 spiro atoms. The lowest BCUT2D eigenvalue weighted by Gasteiger charge is -2.28. The Hall–Kier alpha value is -0.290. The van der Waals surface area contributed by atoms with Gasteiger partial charge >= 0.3 is 6.18 Å². The van der Waals surface area contributed by atoms with Crippen LogP contribution in [0.4, 0.5) is 13.2 Å². The van der Waals surface area contributed by atoms with Gasteiger partial charge in [0.2, 0.25) is 0 Å². The van der Waals surface area contributed by atoms with Crippen molar-refractivity contribution in [1.29, 1.82) is 0 Å². The molecule has 1 rings (SSSR count). The van der Waals surface area contributed by atoms with Gasteiger partial charge in [0, 0.05) is 18.6 Å². The highest BCUT2D eigenvalue weighted by molar-refractivity contribution is 4.88. The SMILES string of the molecule is CCCNC(CCC)CN(CC(F)(F)F)C1CC1. The van der Waals surface area contributed by atoms with Crippen LogP contribution in [0.3, 0.4) is 0 Å².